The molecule has 0 saturated heterocycles. The first-order chi connectivity index (χ1) is 7.49. The molecule has 1 aromatic rings. The molecular formula is C13H22ClNS. The first kappa shape index (κ1) is 14.0. The van der Waals surface area contributed by atoms with Crippen molar-refractivity contribution in [1.29, 1.82) is 0 Å². The minimum absolute atomic E-state index is 0.402. The van der Waals surface area contributed by atoms with Crippen LogP contribution in [0.2, 0.25) is 4.34 Å². The fourth-order valence-corrected chi connectivity index (χ4v) is 2.81. The Morgan fingerprint density at radius 3 is 2.38 bits per heavy atom. The molecule has 3 heteroatoms. The third kappa shape index (κ3) is 4.86. The van der Waals surface area contributed by atoms with Crippen LogP contribution in [0, 0.1) is 5.92 Å². The van der Waals surface area contributed by atoms with Gasteiger partial charge in [0.05, 0.1) is 4.34 Å². The summed E-state index contributed by atoms with van der Waals surface area (Å²) in [4.78, 5) is 1.32. The summed E-state index contributed by atoms with van der Waals surface area (Å²) in [5, 5.41) is 3.62. The van der Waals surface area contributed by atoms with Gasteiger partial charge in [-0.15, -0.1) is 11.3 Å². The third-order valence-electron chi connectivity index (χ3n) is 2.73. The van der Waals surface area contributed by atoms with Gasteiger partial charge >= 0.3 is 0 Å². The predicted molar refractivity (Wildman–Crippen MR) is 74.4 cm³/mol. The maximum absolute atomic E-state index is 5.93. The molecule has 1 N–H and O–H groups in total. The van der Waals surface area contributed by atoms with E-state index in [9.17, 15) is 0 Å². The highest BCUT2D eigenvalue weighted by Gasteiger charge is 2.11. The Hall–Kier alpha value is -0.0500. The number of rotatable bonds is 6. The maximum Gasteiger partial charge on any atom is 0.0931 e. The predicted octanol–water partition coefficient (Wildman–Crippen LogP) is 4.88. The van der Waals surface area contributed by atoms with Gasteiger partial charge in [0.25, 0.3) is 0 Å². The Kier molecular flexibility index (Phi) is 5.81. The molecule has 0 aliphatic rings. The van der Waals surface area contributed by atoms with Gasteiger partial charge in [0.2, 0.25) is 0 Å². The monoisotopic (exact) mass is 259 g/mol. The van der Waals surface area contributed by atoms with Crippen molar-refractivity contribution < 1.29 is 0 Å². The number of hydrogen-bond donors (Lipinski definition) is 1. The number of thiophene rings is 1. The summed E-state index contributed by atoms with van der Waals surface area (Å²) >= 11 is 7.60. The van der Waals surface area contributed by atoms with E-state index in [4.69, 9.17) is 11.6 Å². The van der Waals surface area contributed by atoms with Crippen molar-refractivity contribution >= 4 is 22.9 Å². The van der Waals surface area contributed by atoms with Crippen molar-refractivity contribution in [2.24, 2.45) is 5.92 Å². The van der Waals surface area contributed by atoms with Crippen LogP contribution in [0.25, 0.3) is 0 Å². The van der Waals surface area contributed by atoms with E-state index in [0.29, 0.717) is 12.1 Å². The largest absolute Gasteiger partial charge is 0.307 e. The zero-order chi connectivity index (χ0) is 12.1. The second-order valence-corrected chi connectivity index (χ2v) is 6.65. The second-order valence-electron chi connectivity index (χ2n) is 4.90. The van der Waals surface area contributed by atoms with Crippen molar-refractivity contribution in [3.63, 3.8) is 0 Å². The van der Waals surface area contributed by atoms with E-state index >= 15 is 0 Å². The molecule has 0 aliphatic heterocycles. The quantitative estimate of drug-likeness (QED) is 0.768. The molecule has 1 rings (SSSR count). The third-order valence-corrected chi connectivity index (χ3v) is 4.15. The number of halogens is 1. The summed E-state index contributed by atoms with van der Waals surface area (Å²) in [5.41, 5.74) is 0. The maximum atomic E-state index is 5.93. The fourth-order valence-electron chi connectivity index (χ4n) is 1.74. The molecule has 1 aromatic heterocycles. The summed E-state index contributed by atoms with van der Waals surface area (Å²) < 4.78 is 0.874. The smallest absolute Gasteiger partial charge is 0.0931 e. The van der Waals surface area contributed by atoms with E-state index in [0.717, 1.165) is 10.3 Å². The highest BCUT2D eigenvalue weighted by atomic mass is 35.5. The van der Waals surface area contributed by atoms with Crippen LogP contribution in [0.15, 0.2) is 12.1 Å². The molecule has 0 radical (unpaired) electrons. The first-order valence-corrected chi connectivity index (χ1v) is 7.19. The van der Waals surface area contributed by atoms with E-state index in [1.54, 1.807) is 11.3 Å². The van der Waals surface area contributed by atoms with E-state index in [1.807, 2.05) is 6.07 Å². The minimum Gasteiger partial charge on any atom is -0.307 e. The summed E-state index contributed by atoms with van der Waals surface area (Å²) in [6, 6.07) is 5.05. The number of hydrogen-bond acceptors (Lipinski definition) is 2. The molecule has 0 saturated carbocycles. The van der Waals surface area contributed by atoms with Gasteiger partial charge in [0, 0.05) is 17.0 Å². The fraction of sp³-hybridized carbons (Fsp3) is 0.692. The van der Waals surface area contributed by atoms with Crippen LogP contribution in [0.3, 0.4) is 0 Å². The van der Waals surface area contributed by atoms with Crippen LogP contribution in [-0.4, -0.2) is 6.04 Å². The van der Waals surface area contributed by atoms with E-state index in [-0.39, 0.29) is 0 Å². The topological polar surface area (TPSA) is 12.0 Å². The molecule has 1 heterocycles. The van der Waals surface area contributed by atoms with Crippen LogP contribution in [0.1, 0.15) is 51.5 Å². The highest BCUT2D eigenvalue weighted by Crippen LogP contribution is 2.27. The van der Waals surface area contributed by atoms with Gasteiger partial charge in [-0.05, 0) is 44.7 Å². The van der Waals surface area contributed by atoms with Gasteiger partial charge in [-0.3, -0.25) is 0 Å². The lowest BCUT2D eigenvalue weighted by Crippen LogP contribution is -2.28. The van der Waals surface area contributed by atoms with Crippen LogP contribution in [-0.2, 0) is 0 Å². The number of nitrogens with one attached hydrogen (secondary N) is 1. The lowest BCUT2D eigenvalue weighted by molar-refractivity contribution is 0.419. The van der Waals surface area contributed by atoms with E-state index < -0.39 is 0 Å². The lowest BCUT2D eigenvalue weighted by atomic mass is 10.0. The Balaban J connectivity index is 2.36. The molecule has 2 atom stereocenters. The van der Waals surface area contributed by atoms with E-state index in [1.165, 1.54) is 17.7 Å². The molecule has 0 aromatic carbocycles. The molecule has 0 aliphatic carbocycles. The molecule has 0 amide bonds. The summed E-state index contributed by atoms with van der Waals surface area (Å²) in [6.45, 7) is 9.01. The minimum atomic E-state index is 0.402. The van der Waals surface area contributed by atoms with Crippen LogP contribution in [0.5, 0.6) is 0 Å². The average Bonchev–Trinajstić information content (AvgIpc) is 2.62. The van der Waals surface area contributed by atoms with Gasteiger partial charge in [-0.25, -0.2) is 0 Å². The van der Waals surface area contributed by atoms with Crippen LogP contribution < -0.4 is 5.32 Å². The Morgan fingerprint density at radius 2 is 1.88 bits per heavy atom. The van der Waals surface area contributed by atoms with E-state index in [2.05, 4.69) is 39.1 Å². The molecule has 16 heavy (non-hydrogen) atoms. The molecule has 0 fully saturated rings. The molecule has 2 unspecified atom stereocenters. The molecule has 0 spiro atoms. The van der Waals surface area contributed by atoms with Crippen LogP contribution in [0.4, 0.5) is 0 Å². The SMILES string of the molecule is CC(C)CCC(C)NC(C)c1ccc(Cl)s1. The normalized spacial score (nSPS) is 15.4. The van der Waals surface area contributed by atoms with Gasteiger partial charge in [-0.1, -0.05) is 25.4 Å². The van der Waals surface area contributed by atoms with Crippen molar-refractivity contribution in [2.75, 3.05) is 0 Å². The zero-order valence-corrected chi connectivity index (χ0v) is 12.2. The standard InChI is InChI=1S/C13H22ClNS/c1-9(2)5-6-10(3)15-11(4)12-7-8-13(14)16-12/h7-11,15H,5-6H2,1-4H3. The average molecular weight is 260 g/mol. The van der Waals surface area contributed by atoms with Gasteiger partial charge < -0.3 is 5.32 Å². The molecule has 92 valence electrons. The van der Waals surface area contributed by atoms with Crippen molar-refractivity contribution in [3.05, 3.63) is 21.3 Å². The first-order valence-electron chi connectivity index (χ1n) is 6.00. The lowest BCUT2D eigenvalue weighted by Gasteiger charge is -2.19. The Labute approximate surface area is 108 Å². The molecular weight excluding hydrogens is 238 g/mol. The van der Waals surface area contributed by atoms with Gasteiger partial charge in [0.1, 0.15) is 0 Å². The van der Waals surface area contributed by atoms with Gasteiger partial charge in [0.15, 0.2) is 0 Å². The summed E-state index contributed by atoms with van der Waals surface area (Å²) in [5.74, 6) is 0.788. The zero-order valence-electron chi connectivity index (χ0n) is 10.6. The summed E-state index contributed by atoms with van der Waals surface area (Å²) in [6.07, 6.45) is 2.52. The molecule has 0 bridgehead atoms. The van der Waals surface area contributed by atoms with Crippen molar-refractivity contribution in [1.82, 2.24) is 5.32 Å². The highest BCUT2D eigenvalue weighted by molar-refractivity contribution is 7.16. The van der Waals surface area contributed by atoms with Crippen LogP contribution >= 0.6 is 22.9 Å². The molecule has 1 nitrogen and oxygen atoms in total. The van der Waals surface area contributed by atoms with Crippen molar-refractivity contribution in [3.8, 4) is 0 Å². The Morgan fingerprint density at radius 1 is 1.19 bits per heavy atom. The van der Waals surface area contributed by atoms with Crippen molar-refractivity contribution in [2.45, 2.75) is 52.6 Å². The van der Waals surface area contributed by atoms with Gasteiger partial charge in [-0.2, -0.15) is 0 Å². The second kappa shape index (κ2) is 6.63. The summed E-state index contributed by atoms with van der Waals surface area (Å²) in [7, 11) is 0. The Bertz CT molecular complexity index is 309.